The molecule has 5 heteroatoms. The molecule has 0 saturated carbocycles. The lowest BCUT2D eigenvalue weighted by molar-refractivity contribution is -0.121. The smallest absolute Gasteiger partial charge is 0.268 e. The van der Waals surface area contributed by atoms with E-state index < -0.39 is 0 Å². The highest BCUT2D eigenvalue weighted by Gasteiger charge is 2.19. The maximum atomic E-state index is 13.3. The molecule has 0 aliphatic rings. The molecule has 4 aromatic rings. The molecule has 34 heavy (non-hydrogen) atoms. The maximum absolute atomic E-state index is 13.3. The Balaban J connectivity index is 1.48. The van der Waals surface area contributed by atoms with Crippen LogP contribution in [0.4, 0.5) is 5.69 Å². The first-order valence-electron chi connectivity index (χ1n) is 11.3. The minimum atomic E-state index is -0.0544. The zero-order valence-electron chi connectivity index (χ0n) is 19.4. The van der Waals surface area contributed by atoms with Crippen LogP contribution in [0.2, 0.25) is 0 Å². The van der Waals surface area contributed by atoms with Crippen LogP contribution in [0.5, 0.6) is 0 Å². The molecule has 4 nitrogen and oxygen atoms in total. The second kappa shape index (κ2) is 10.9. The normalized spacial score (nSPS) is 11.6. The summed E-state index contributed by atoms with van der Waals surface area (Å²) in [5, 5.41) is 4.97. The van der Waals surface area contributed by atoms with Gasteiger partial charge >= 0.3 is 0 Å². The fourth-order valence-electron chi connectivity index (χ4n) is 3.90. The Hall–Kier alpha value is -3.70. The molecule has 1 N–H and O–H groups in total. The summed E-state index contributed by atoms with van der Waals surface area (Å²) in [4.78, 5) is 28.4. The van der Waals surface area contributed by atoms with Crippen LogP contribution in [-0.4, -0.2) is 11.8 Å². The Bertz CT molecular complexity index is 1230. The van der Waals surface area contributed by atoms with E-state index in [-0.39, 0.29) is 24.3 Å². The fourth-order valence-corrected chi connectivity index (χ4v) is 4.58. The van der Waals surface area contributed by atoms with Crippen LogP contribution in [0.3, 0.4) is 0 Å². The monoisotopic (exact) mass is 468 g/mol. The summed E-state index contributed by atoms with van der Waals surface area (Å²) in [5.74, 6) is -0.0610. The molecule has 3 aromatic carbocycles. The third-order valence-electron chi connectivity index (χ3n) is 5.69. The lowest BCUT2D eigenvalue weighted by atomic mass is 10.1. The topological polar surface area (TPSA) is 49.4 Å². The number of carbonyl (C=O) groups excluding carboxylic acids is 2. The van der Waals surface area contributed by atoms with E-state index in [2.05, 4.69) is 11.4 Å². The number of thiophene rings is 1. The molecule has 1 atom stereocenters. The minimum Gasteiger partial charge on any atom is -0.349 e. The van der Waals surface area contributed by atoms with Crippen molar-refractivity contribution < 1.29 is 9.59 Å². The molecule has 1 heterocycles. The first-order valence-corrected chi connectivity index (χ1v) is 12.2. The van der Waals surface area contributed by atoms with E-state index in [1.165, 1.54) is 11.3 Å². The Morgan fingerprint density at radius 1 is 0.882 bits per heavy atom. The lowest BCUT2D eigenvalue weighted by Gasteiger charge is -2.23. The average Bonchev–Trinajstić information content (AvgIpc) is 3.38. The van der Waals surface area contributed by atoms with Gasteiger partial charge in [-0.05, 0) is 54.1 Å². The summed E-state index contributed by atoms with van der Waals surface area (Å²) in [6.45, 7) is 4.51. The van der Waals surface area contributed by atoms with Gasteiger partial charge in [0.25, 0.3) is 5.91 Å². The molecule has 0 aliphatic heterocycles. The molecule has 0 fully saturated rings. The van der Waals surface area contributed by atoms with Crippen molar-refractivity contribution >= 4 is 28.8 Å². The molecule has 0 bridgehead atoms. The van der Waals surface area contributed by atoms with E-state index in [0.717, 1.165) is 27.9 Å². The van der Waals surface area contributed by atoms with Crippen molar-refractivity contribution in [2.75, 3.05) is 4.90 Å². The number of nitrogens with zero attached hydrogens (tertiary/aromatic N) is 1. The number of rotatable bonds is 8. The highest BCUT2D eigenvalue weighted by atomic mass is 32.1. The molecule has 172 valence electrons. The largest absolute Gasteiger partial charge is 0.349 e. The molecular weight excluding hydrogens is 440 g/mol. The number of amides is 2. The van der Waals surface area contributed by atoms with Gasteiger partial charge in [0.05, 0.1) is 23.9 Å². The molecular formula is C29H28N2O2S. The van der Waals surface area contributed by atoms with E-state index in [1.54, 1.807) is 4.90 Å². The molecule has 0 saturated heterocycles. The van der Waals surface area contributed by atoms with Crippen molar-refractivity contribution in [1.29, 1.82) is 0 Å². The predicted molar refractivity (Wildman–Crippen MR) is 139 cm³/mol. The second-order valence-corrected chi connectivity index (χ2v) is 9.35. The van der Waals surface area contributed by atoms with Crippen molar-refractivity contribution in [3.05, 3.63) is 124 Å². The molecule has 0 spiro atoms. The first kappa shape index (κ1) is 23.5. The van der Waals surface area contributed by atoms with E-state index in [4.69, 9.17) is 0 Å². The van der Waals surface area contributed by atoms with E-state index in [9.17, 15) is 9.59 Å². The van der Waals surface area contributed by atoms with Gasteiger partial charge in [0, 0.05) is 5.69 Å². The molecule has 0 aliphatic carbocycles. The van der Waals surface area contributed by atoms with Gasteiger partial charge in [-0.15, -0.1) is 11.3 Å². The Labute approximate surface area is 204 Å². The Morgan fingerprint density at radius 2 is 1.65 bits per heavy atom. The van der Waals surface area contributed by atoms with Crippen LogP contribution in [0.1, 0.15) is 44.9 Å². The van der Waals surface area contributed by atoms with Crippen LogP contribution >= 0.6 is 11.3 Å². The quantitative estimate of drug-likeness (QED) is 0.329. The standard InChI is InChI=1S/C29H28N2O2S/c1-21-8-6-9-24(18-21)20-31(29(33)27-12-7-17-34-27)26-15-13-23(14-16-26)19-28(32)30-22(2)25-10-4-3-5-11-25/h3-18,22H,19-20H2,1-2H3,(H,30,32)/t22-/m1/s1. The van der Waals surface area contributed by atoms with Crippen LogP contribution in [-0.2, 0) is 17.8 Å². The predicted octanol–water partition coefficient (Wildman–Crippen LogP) is 6.32. The summed E-state index contributed by atoms with van der Waals surface area (Å²) in [6.07, 6.45) is 0.286. The number of hydrogen-bond donors (Lipinski definition) is 1. The van der Waals surface area contributed by atoms with Crippen LogP contribution < -0.4 is 10.2 Å². The van der Waals surface area contributed by atoms with Gasteiger partial charge < -0.3 is 10.2 Å². The number of aryl methyl sites for hydroxylation is 1. The van der Waals surface area contributed by atoms with Gasteiger partial charge in [0.1, 0.15) is 0 Å². The highest BCUT2D eigenvalue weighted by Crippen LogP contribution is 2.23. The summed E-state index contributed by atoms with van der Waals surface area (Å²) in [6, 6.07) is 29.5. The van der Waals surface area contributed by atoms with Gasteiger partial charge in [-0.1, -0.05) is 78.4 Å². The summed E-state index contributed by atoms with van der Waals surface area (Å²) in [5.41, 5.74) is 5.02. The zero-order valence-corrected chi connectivity index (χ0v) is 20.2. The number of carbonyl (C=O) groups is 2. The van der Waals surface area contributed by atoms with Crippen molar-refractivity contribution in [2.45, 2.75) is 32.9 Å². The number of anilines is 1. The van der Waals surface area contributed by atoms with Gasteiger partial charge in [0.15, 0.2) is 0 Å². The number of hydrogen-bond acceptors (Lipinski definition) is 3. The summed E-state index contributed by atoms with van der Waals surface area (Å²) >= 11 is 1.44. The minimum absolute atomic E-state index is 0.0290. The Kier molecular flexibility index (Phi) is 7.55. The third-order valence-corrected chi connectivity index (χ3v) is 6.55. The number of benzene rings is 3. The maximum Gasteiger partial charge on any atom is 0.268 e. The molecule has 0 radical (unpaired) electrons. The fraction of sp³-hybridized carbons (Fsp3) is 0.172. The van der Waals surface area contributed by atoms with Crippen LogP contribution in [0, 0.1) is 6.92 Å². The number of nitrogens with one attached hydrogen (secondary N) is 1. The van der Waals surface area contributed by atoms with E-state index in [0.29, 0.717) is 11.4 Å². The van der Waals surface area contributed by atoms with E-state index in [1.807, 2.05) is 104 Å². The summed E-state index contributed by atoms with van der Waals surface area (Å²) < 4.78 is 0. The molecule has 4 rings (SSSR count). The van der Waals surface area contributed by atoms with Crippen molar-refractivity contribution in [3.63, 3.8) is 0 Å². The molecule has 0 unspecified atom stereocenters. The third kappa shape index (κ3) is 6.00. The highest BCUT2D eigenvalue weighted by molar-refractivity contribution is 7.12. The first-order chi connectivity index (χ1) is 16.5. The average molecular weight is 469 g/mol. The Morgan fingerprint density at radius 3 is 2.32 bits per heavy atom. The molecule has 1 aromatic heterocycles. The van der Waals surface area contributed by atoms with Crippen molar-refractivity contribution in [1.82, 2.24) is 5.32 Å². The lowest BCUT2D eigenvalue weighted by Crippen LogP contribution is -2.30. The van der Waals surface area contributed by atoms with Crippen LogP contribution in [0.15, 0.2) is 96.4 Å². The van der Waals surface area contributed by atoms with Gasteiger partial charge in [-0.3, -0.25) is 9.59 Å². The van der Waals surface area contributed by atoms with Crippen molar-refractivity contribution in [2.24, 2.45) is 0 Å². The second-order valence-electron chi connectivity index (χ2n) is 8.40. The molecule has 2 amide bonds. The summed E-state index contributed by atoms with van der Waals surface area (Å²) in [7, 11) is 0. The SMILES string of the molecule is Cc1cccc(CN(C(=O)c2cccs2)c2ccc(CC(=O)N[C@H](C)c3ccccc3)cc2)c1. The van der Waals surface area contributed by atoms with Crippen LogP contribution in [0.25, 0.3) is 0 Å². The van der Waals surface area contributed by atoms with Gasteiger partial charge in [-0.25, -0.2) is 0 Å². The van der Waals surface area contributed by atoms with E-state index >= 15 is 0 Å². The van der Waals surface area contributed by atoms with Crippen molar-refractivity contribution in [3.8, 4) is 0 Å². The van der Waals surface area contributed by atoms with Gasteiger partial charge in [-0.2, -0.15) is 0 Å². The zero-order chi connectivity index (χ0) is 23.9. The van der Waals surface area contributed by atoms with Gasteiger partial charge in [0.2, 0.25) is 5.91 Å².